The number of aromatic nitrogens is 2. The number of nitrogens with one attached hydrogen (secondary N) is 1. The predicted molar refractivity (Wildman–Crippen MR) is 77.5 cm³/mol. The van der Waals surface area contributed by atoms with Gasteiger partial charge >= 0.3 is 0 Å². The molecule has 20 heavy (non-hydrogen) atoms. The molecule has 2 fully saturated rings. The van der Waals surface area contributed by atoms with Crippen molar-refractivity contribution in [2.24, 2.45) is 0 Å². The zero-order valence-electron chi connectivity index (χ0n) is 12.0. The van der Waals surface area contributed by atoms with Gasteiger partial charge in [0, 0.05) is 24.3 Å². The molecule has 0 bridgehead atoms. The number of aryl methyl sites for hydroxylation is 1. The Balaban J connectivity index is 1.89. The molecule has 0 aliphatic carbocycles. The number of nitrogens with zero attached hydrogens (tertiary/aromatic N) is 4. The minimum absolute atomic E-state index is 0.469. The van der Waals surface area contributed by atoms with Gasteiger partial charge in [-0.05, 0) is 51.6 Å². The van der Waals surface area contributed by atoms with Crippen molar-refractivity contribution in [2.45, 2.75) is 51.1 Å². The Hall–Kier alpha value is -1.67. The van der Waals surface area contributed by atoms with E-state index in [1.54, 1.807) is 6.07 Å². The van der Waals surface area contributed by atoms with Gasteiger partial charge in [-0.3, -0.25) is 0 Å². The monoisotopic (exact) mass is 271 g/mol. The summed E-state index contributed by atoms with van der Waals surface area (Å²) in [5.41, 5.74) is 1.34. The molecule has 106 valence electrons. The molecule has 2 unspecified atom stereocenters. The minimum Gasteiger partial charge on any atom is -0.336 e. The normalized spacial score (nSPS) is 26.5. The zero-order chi connectivity index (χ0) is 13.9. The summed E-state index contributed by atoms with van der Waals surface area (Å²) in [5, 5.41) is 12.7. The lowest BCUT2D eigenvalue weighted by molar-refractivity contribution is 0.373. The molecule has 3 rings (SSSR count). The lowest BCUT2D eigenvalue weighted by atomic mass is 9.95. The highest BCUT2D eigenvalue weighted by atomic mass is 15.3. The molecule has 2 aliphatic rings. The number of anilines is 1. The van der Waals surface area contributed by atoms with Crippen LogP contribution >= 0.6 is 0 Å². The summed E-state index contributed by atoms with van der Waals surface area (Å²) < 4.78 is 0. The second-order valence-corrected chi connectivity index (χ2v) is 5.77. The molecule has 5 nitrogen and oxygen atoms in total. The van der Waals surface area contributed by atoms with Gasteiger partial charge < -0.3 is 10.2 Å². The summed E-state index contributed by atoms with van der Waals surface area (Å²) in [6, 6.07) is 4.90. The van der Waals surface area contributed by atoms with Crippen molar-refractivity contribution >= 4 is 5.95 Å². The molecule has 0 saturated carbocycles. The first-order chi connectivity index (χ1) is 9.78. The number of nitriles is 1. The first kappa shape index (κ1) is 13.3. The minimum atomic E-state index is 0.469. The van der Waals surface area contributed by atoms with Crippen LogP contribution in [0, 0.1) is 18.3 Å². The summed E-state index contributed by atoms with van der Waals surface area (Å²) in [7, 11) is 0. The highest BCUT2D eigenvalue weighted by Gasteiger charge is 2.33. The fraction of sp³-hybridized carbons (Fsp3) is 0.667. The average molecular weight is 271 g/mol. The molecule has 0 amide bonds. The van der Waals surface area contributed by atoms with Crippen LogP contribution in [-0.2, 0) is 0 Å². The summed E-state index contributed by atoms with van der Waals surface area (Å²) in [5.74, 6) is 0.736. The number of hydrogen-bond donors (Lipinski definition) is 1. The number of rotatable bonds is 2. The summed E-state index contributed by atoms with van der Waals surface area (Å²) in [4.78, 5) is 11.3. The van der Waals surface area contributed by atoms with Gasteiger partial charge in [-0.1, -0.05) is 0 Å². The van der Waals surface area contributed by atoms with Gasteiger partial charge in [0.2, 0.25) is 5.95 Å². The van der Waals surface area contributed by atoms with Crippen LogP contribution in [0.1, 0.15) is 43.5 Å². The van der Waals surface area contributed by atoms with E-state index in [-0.39, 0.29) is 0 Å². The maximum Gasteiger partial charge on any atom is 0.227 e. The molecule has 3 heterocycles. The molecular weight excluding hydrogens is 250 g/mol. The molecule has 0 radical (unpaired) electrons. The van der Waals surface area contributed by atoms with Crippen LogP contribution in [0.15, 0.2) is 6.07 Å². The first-order valence-electron chi connectivity index (χ1n) is 7.54. The average Bonchev–Trinajstić information content (AvgIpc) is 3.00. The van der Waals surface area contributed by atoms with Gasteiger partial charge in [0.25, 0.3) is 0 Å². The van der Waals surface area contributed by atoms with E-state index >= 15 is 0 Å². The molecule has 0 aromatic carbocycles. The third-order valence-electron chi connectivity index (χ3n) is 4.33. The van der Waals surface area contributed by atoms with E-state index in [9.17, 15) is 0 Å². The van der Waals surface area contributed by atoms with E-state index in [0.29, 0.717) is 17.8 Å². The van der Waals surface area contributed by atoms with Gasteiger partial charge in [0.05, 0.1) is 0 Å². The molecule has 1 aromatic rings. The highest BCUT2D eigenvalue weighted by molar-refractivity contribution is 5.38. The molecule has 5 heteroatoms. The van der Waals surface area contributed by atoms with E-state index in [1.165, 1.54) is 32.1 Å². The second kappa shape index (κ2) is 5.76. The van der Waals surface area contributed by atoms with Crippen molar-refractivity contribution in [1.82, 2.24) is 15.3 Å². The Bertz CT molecular complexity index is 515. The quantitative estimate of drug-likeness (QED) is 0.888. The topological polar surface area (TPSA) is 64.8 Å². The maximum absolute atomic E-state index is 9.09. The fourth-order valence-corrected chi connectivity index (χ4v) is 3.40. The molecular formula is C15H21N5. The molecule has 1 N–H and O–H groups in total. The Morgan fingerprint density at radius 3 is 2.95 bits per heavy atom. The fourth-order valence-electron chi connectivity index (χ4n) is 3.40. The van der Waals surface area contributed by atoms with Crippen molar-refractivity contribution in [3.05, 3.63) is 17.5 Å². The second-order valence-electron chi connectivity index (χ2n) is 5.77. The zero-order valence-corrected chi connectivity index (χ0v) is 12.0. The Kier molecular flexibility index (Phi) is 3.83. The van der Waals surface area contributed by atoms with Crippen LogP contribution in [0.5, 0.6) is 0 Å². The Labute approximate surface area is 120 Å². The lowest BCUT2D eigenvalue weighted by Gasteiger charge is -2.39. The van der Waals surface area contributed by atoms with Crippen molar-refractivity contribution < 1.29 is 0 Å². The van der Waals surface area contributed by atoms with Crippen molar-refractivity contribution in [1.29, 1.82) is 5.26 Å². The largest absolute Gasteiger partial charge is 0.336 e. The van der Waals surface area contributed by atoms with Crippen LogP contribution < -0.4 is 10.2 Å². The molecule has 0 spiro atoms. The number of hydrogen-bond acceptors (Lipinski definition) is 5. The lowest BCUT2D eigenvalue weighted by Crippen LogP contribution is -2.51. The van der Waals surface area contributed by atoms with E-state index in [2.05, 4.69) is 26.3 Å². The van der Waals surface area contributed by atoms with Crippen LogP contribution in [0.2, 0.25) is 0 Å². The molecule has 2 aliphatic heterocycles. The SMILES string of the molecule is Cc1cc(C#N)nc(N2CCCCC2C2CCCN2)n1. The molecule has 1 aromatic heterocycles. The highest BCUT2D eigenvalue weighted by Crippen LogP contribution is 2.27. The predicted octanol–water partition coefficient (Wildman–Crippen LogP) is 1.77. The van der Waals surface area contributed by atoms with E-state index in [0.717, 1.165) is 24.7 Å². The van der Waals surface area contributed by atoms with Crippen LogP contribution in [0.25, 0.3) is 0 Å². The number of piperidine rings is 1. The van der Waals surface area contributed by atoms with Crippen LogP contribution in [0.4, 0.5) is 5.95 Å². The van der Waals surface area contributed by atoms with Gasteiger partial charge in [0.15, 0.2) is 0 Å². The van der Waals surface area contributed by atoms with Crippen molar-refractivity contribution in [3.8, 4) is 6.07 Å². The van der Waals surface area contributed by atoms with E-state index < -0.39 is 0 Å². The van der Waals surface area contributed by atoms with Crippen LogP contribution in [0.3, 0.4) is 0 Å². The third-order valence-corrected chi connectivity index (χ3v) is 4.33. The van der Waals surface area contributed by atoms with Gasteiger partial charge in [-0.2, -0.15) is 5.26 Å². The smallest absolute Gasteiger partial charge is 0.227 e. The summed E-state index contributed by atoms with van der Waals surface area (Å²) in [6.07, 6.45) is 6.14. The molecule has 2 atom stereocenters. The van der Waals surface area contributed by atoms with Gasteiger partial charge in [0.1, 0.15) is 11.8 Å². The van der Waals surface area contributed by atoms with E-state index in [4.69, 9.17) is 5.26 Å². The molecule has 2 saturated heterocycles. The van der Waals surface area contributed by atoms with E-state index in [1.807, 2.05) is 6.92 Å². The summed E-state index contributed by atoms with van der Waals surface area (Å²) >= 11 is 0. The van der Waals surface area contributed by atoms with Gasteiger partial charge in [-0.25, -0.2) is 9.97 Å². The first-order valence-corrected chi connectivity index (χ1v) is 7.54. The Morgan fingerprint density at radius 1 is 1.30 bits per heavy atom. The van der Waals surface area contributed by atoms with Crippen molar-refractivity contribution in [2.75, 3.05) is 18.0 Å². The maximum atomic E-state index is 9.09. The summed E-state index contributed by atoms with van der Waals surface area (Å²) in [6.45, 7) is 4.04. The van der Waals surface area contributed by atoms with Gasteiger partial charge in [-0.15, -0.1) is 0 Å². The Morgan fingerprint density at radius 2 is 2.20 bits per heavy atom. The standard InChI is InChI=1S/C15H21N5/c1-11-9-12(10-16)19-15(18-11)20-8-3-2-6-14(20)13-5-4-7-17-13/h9,13-14,17H,2-8H2,1H3. The third kappa shape index (κ3) is 2.61. The van der Waals surface area contributed by atoms with Crippen LogP contribution in [-0.4, -0.2) is 35.1 Å². The van der Waals surface area contributed by atoms with Crippen molar-refractivity contribution in [3.63, 3.8) is 0 Å².